The highest BCUT2D eigenvalue weighted by Crippen LogP contribution is 2.14. The second-order valence-corrected chi connectivity index (χ2v) is 5.79. The molecule has 1 N–H and O–H groups in total. The Morgan fingerprint density at radius 3 is 1.95 bits per heavy atom. The lowest BCUT2D eigenvalue weighted by Crippen LogP contribution is -2.43. The highest BCUT2D eigenvalue weighted by molar-refractivity contribution is 5.69. The molecule has 1 unspecified atom stereocenters. The first-order valence-corrected chi connectivity index (χ1v) is 8.44. The quantitative estimate of drug-likeness (QED) is 0.454. The van der Waals surface area contributed by atoms with Crippen LogP contribution in [0.15, 0.2) is 30.6 Å². The average Bonchev–Trinajstić information content (AvgIpc) is 2.50. The summed E-state index contributed by atoms with van der Waals surface area (Å²) in [5.41, 5.74) is 0. The number of rotatable bonds is 12. The van der Waals surface area contributed by atoms with Gasteiger partial charge in [0.05, 0.1) is 0 Å². The van der Waals surface area contributed by atoms with E-state index in [0.29, 0.717) is 0 Å². The topological polar surface area (TPSA) is 41.2 Å². The van der Waals surface area contributed by atoms with E-state index in [2.05, 4.69) is 6.92 Å². The molecule has 0 saturated heterocycles. The molecule has 1 aromatic rings. The highest BCUT2D eigenvalue weighted by Gasteiger charge is 2.25. The number of aromatic nitrogens is 1. The average molecular weight is 292 g/mol. The SMILES string of the molecule is CCCCCCCCCCCC(C(=O)O)[n+]1ccccc1. The molecule has 1 rings (SSSR count). The molecule has 0 aliphatic heterocycles. The van der Waals surface area contributed by atoms with Gasteiger partial charge in [0.1, 0.15) is 0 Å². The number of pyridine rings is 1. The summed E-state index contributed by atoms with van der Waals surface area (Å²) in [5.74, 6) is -0.731. The Bertz CT molecular complexity index is 378. The van der Waals surface area contributed by atoms with E-state index in [9.17, 15) is 9.90 Å². The third-order valence-corrected chi connectivity index (χ3v) is 3.96. The number of hydrogen-bond acceptors (Lipinski definition) is 1. The van der Waals surface area contributed by atoms with Gasteiger partial charge in [-0.15, -0.1) is 0 Å². The second-order valence-electron chi connectivity index (χ2n) is 5.79. The van der Waals surface area contributed by atoms with E-state index in [4.69, 9.17) is 0 Å². The van der Waals surface area contributed by atoms with Gasteiger partial charge in [0.15, 0.2) is 12.4 Å². The zero-order chi connectivity index (χ0) is 15.3. The predicted octanol–water partition coefficient (Wildman–Crippen LogP) is 4.52. The van der Waals surface area contributed by atoms with E-state index in [-0.39, 0.29) is 0 Å². The van der Waals surface area contributed by atoms with Gasteiger partial charge in [-0.05, 0) is 6.42 Å². The highest BCUT2D eigenvalue weighted by atomic mass is 16.4. The van der Waals surface area contributed by atoms with Crippen molar-refractivity contribution >= 4 is 5.97 Å². The first-order chi connectivity index (χ1) is 10.3. The number of hydrogen-bond donors (Lipinski definition) is 1. The van der Waals surface area contributed by atoms with Crippen LogP contribution in [0.2, 0.25) is 0 Å². The number of carboxylic acid groups (broad SMARTS) is 1. The summed E-state index contributed by atoms with van der Waals surface area (Å²) in [7, 11) is 0. The van der Waals surface area contributed by atoms with Gasteiger partial charge in [-0.3, -0.25) is 0 Å². The molecule has 3 heteroatoms. The van der Waals surface area contributed by atoms with Crippen molar-refractivity contribution in [3.63, 3.8) is 0 Å². The van der Waals surface area contributed by atoms with Crippen molar-refractivity contribution < 1.29 is 14.5 Å². The Labute approximate surface area is 129 Å². The van der Waals surface area contributed by atoms with E-state index in [1.165, 1.54) is 44.9 Å². The van der Waals surface area contributed by atoms with Crippen molar-refractivity contribution in [3.05, 3.63) is 30.6 Å². The summed E-state index contributed by atoms with van der Waals surface area (Å²) in [6.07, 6.45) is 15.8. The minimum Gasteiger partial charge on any atom is -0.476 e. The van der Waals surface area contributed by atoms with Gasteiger partial charge in [0, 0.05) is 18.6 Å². The van der Waals surface area contributed by atoms with Crippen molar-refractivity contribution in [1.82, 2.24) is 0 Å². The van der Waals surface area contributed by atoms with E-state index >= 15 is 0 Å². The monoisotopic (exact) mass is 292 g/mol. The van der Waals surface area contributed by atoms with Crippen LogP contribution in [0.5, 0.6) is 0 Å². The van der Waals surface area contributed by atoms with Crippen molar-refractivity contribution in [2.75, 3.05) is 0 Å². The van der Waals surface area contributed by atoms with Crippen LogP contribution >= 0.6 is 0 Å². The number of carbonyl (C=O) groups is 1. The van der Waals surface area contributed by atoms with Gasteiger partial charge in [-0.1, -0.05) is 64.4 Å². The molecule has 0 amide bonds. The maximum atomic E-state index is 11.3. The number of unbranched alkanes of at least 4 members (excludes halogenated alkanes) is 8. The normalized spacial score (nSPS) is 12.2. The molecular weight excluding hydrogens is 262 g/mol. The fourth-order valence-corrected chi connectivity index (χ4v) is 2.67. The van der Waals surface area contributed by atoms with Crippen LogP contribution < -0.4 is 4.57 Å². The Morgan fingerprint density at radius 2 is 1.43 bits per heavy atom. The molecule has 0 spiro atoms. The van der Waals surface area contributed by atoms with Gasteiger partial charge in [-0.25, -0.2) is 4.79 Å². The van der Waals surface area contributed by atoms with Crippen LogP contribution in [0.3, 0.4) is 0 Å². The summed E-state index contributed by atoms with van der Waals surface area (Å²) in [6.45, 7) is 2.24. The van der Waals surface area contributed by atoms with Crippen molar-refractivity contribution in [2.24, 2.45) is 0 Å². The standard InChI is InChI=1S/C18H29NO2/c1-2-3-4-5-6-7-8-9-11-14-17(18(20)21)19-15-12-10-13-16-19/h10,12-13,15-17H,2-9,11,14H2,1H3/p+1. The minimum absolute atomic E-state index is 0.421. The Hall–Kier alpha value is -1.38. The van der Waals surface area contributed by atoms with Gasteiger partial charge in [0.25, 0.3) is 6.04 Å². The molecule has 1 heterocycles. The molecule has 0 aliphatic rings. The third-order valence-electron chi connectivity index (χ3n) is 3.96. The second kappa shape index (κ2) is 11.3. The van der Waals surface area contributed by atoms with Crippen LogP contribution in [0.1, 0.15) is 77.2 Å². The molecule has 0 aliphatic carbocycles. The molecule has 0 saturated carbocycles. The van der Waals surface area contributed by atoms with Crippen LogP contribution in [0.4, 0.5) is 0 Å². The zero-order valence-corrected chi connectivity index (χ0v) is 13.3. The largest absolute Gasteiger partial charge is 0.476 e. The van der Waals surface area contributed by atoms with Crippen LogP contribution in [-0.2, 0) is 4.79 Å². The maximum Gasteiger partial charge on any atom is 0.373 e. The summed E-state index contributed by atoms with van der Waals surface area (Å²) in [4.78, 5) is 11.3. The van der Waals surface area contributed by atoms with E-state index in [1.807, 2.05) is 30.6 Å². The molecule has 0 bridgehead atoms. The number of carboxylic acids is 1. The van der Waals surface area contributed by atoms with Gasteiger partial charge in [-0.2, -0.15) is 4.57 Å². The lowest BCUT2D eigenvalue weighted by molar-refractivity contribution is -0.711. The van der Waals surface area contributed by atoms with Crippen molar-refractivity contribution in [2.45, 2.75) is 77.2 Å². The molecular formula is C18H30NO2+. The van der Waals surface area contributed by atoms with Gasteiger partial charge in [0.2, 0.25) is 0 Å². The van der Waals surface area contributed by atoms with Crippen molar-refractivity contribution in [3.8, 4) is 0 Å². The molecule has 1 atom stereocenters. The number of aliphatic carboxylic acids is 1. The summed E-state index contributed by atoms with van der Waals surface area (Å²) in [5, 5.41) is 9.33. The zero-order valence-electron chi connectivity index (χ0n) is 13.3. The first kappa shape index (κ1) is 17.7. The fourth-order valence-electron chi connectivity index (χ4n) is 2.67. The maximum absolute atomic E-state index is 11.3. The van der Waals surface area contributed by atoms with E-state index in [0.717, 1.165) is 19.3 Å². The van der Waals surface area contributed by atoms with E-state index < -0.39 is 12.0 Å². The molecule has 118 valence electrons. The Morgan fingerprint density at radius 1 is 0.905 bits per heavy atom. The summed E-state index contributed by atoms with van der Waals surface area (Å²) < 4.78 is 1.80. The van der Waals surface area contributed by atoms with Crippen LogP contribution in [0.25, 0.3) is 0 Å². The van der Waals surface area contributed by atoms with Gasteiger partial charge >= 0.3 is 5.97 Å². The van der Waals surface area contributed by atoms with Crippen LogP contribution in [-0.4, -0.2) is 11.1 Å². The Kier molecular flexibility index (Phi) is 9.51. The van der Waals surface area contributed by atoms with Crippen molar-refractivity contribution in [1.29, 1.82) is 0 Å². The molecule has 1 aromatic heterocycles. The summed E-state index contributed by atoms with van der Waals surface area (Å²) >= 11 is 0. The van der Waals surface area contributed by atoms with Gasteiger partial charge < -0.3 is 5.11 Å². The first-order valence-electron chi connectivity index (χ1n) is 8.44. The summed E-state index contributed by atoms with van der Waals surface area (Å²) in [6, 6.07) is 5.25. The molecule has 0 aromatic carbocycles. The third kappa shape index (κ3) is 7.84. The number of nitrogens with zero attached hydrogens (tertiary/aromatic N) is 1. The Balaban J connectivity index is 2.13. The van der Waals surface area contributed by atoms with E-state index in [1.54, 1.807) is 4.57 Å². The predicted molar refractivity (Wildman–Crippen MR) is 85.2 cm³/mol. The van der Waals surface area contributed by atoms with Crippen LogP contribution in [0, 0.1) is 0 Å². The lowest BCUT2D eigenvalue weighted by Gasteiger charge is -2.07. The smallest absolute Gasteiger partial charge is 0.373 e. The molecule has 3 nitrogen and oxygen atoms in total. The molecule has 0 radical (unpaired) electrons. The minimum atomic E-state index is -0.731. The fraction of sp³-hybridized carbons (Fsp3) is 0.667. The lowest BCUT2D eigenvalue weighted by atomic mass is 10.0. The molecule has 21 heavy (non-hydrogen) atoms. The molecule has 0 fully saturated rings.